The van der Waals surface area contributed by atoms with Gasteiger partial charge in [-0.15, -0.1) is 23.5 Å². The second kappa shape index (κ2) is 8.61. The number of hydrogen-bond acceptors (Lipinski definition) is 6. The molecule has 3 N–H and O–H groups in total. The molecule has 1 unspecified atom stereocenters. The number of phenolic OH excluding ortho intramolecular Hbond substituents is 2. The van der Waals surface area contributed by atoms with E-state index in [9.17, 15) is 15.0 Å². The van der Waals surface area contributed by atoms with Crippen molar-refractivity contribution in [1.29, 1.82) is 0 Å². The molecule has 3 atom stereocenters. The lowest BCUT2D eigenvalue weighted by Gasteiger charge is -2.34. The van der Waals surface area contributed by atoms with Crippen LogP contribution < -0.4 is 5.32 Å². The summed E-state index contributed by atoms with van der Waals surface area (Å²) in [5, 5.41) is 23.9. The molecule has 8 heteroatoms. The average Bonchev–Trinajstić information content (AvgIpc) is 3.40. The smallest absolute Gasteiger partial charge is 0.255 e. The van der Waals surface area contributed by atoms with E-state index in [4.69, 9.17) is 16.3 Å². The van der Waals surface area contributed by atoms with Gasteiger partial charge in [0.2, 0.25) is 0 Å². The van der Waals surface area contributed by atoms with E-state index in [0.717, 1.165) is 43.3 Å². The van der Waals surface area contributed by atoms with Gasteiger partial charge in [-0.05, 0) is 49.7 Å². The fourth-order valence-electron chi connectivity index (χ4n) is 4.06. The number of nitrogens with one attached hydrogen (secondary N) is 1. The van der Waals surface area contributed by atoms with Crippen molar-refractivity contribution < 1.29 is 19.7 Å². The van der Waals surface area contributed by atoms with Gasteiger partial charge in [0.15, 0.2) is 0 Å². The van der Waals surface area contributed by atoms with Crippen LogP contribution in [-0.2, 0) is 11.2 Å². The third kappa shape index (κ3) is 4.68. The lowest BCUT2D eigenvalue weighted by atomic mass is 9.98. The molecular weight excluding hydrogens is 430 g/mol. The van der Waals surface area contributed by atoms with Crippen LogP contribution in [0.3, 0.4) is 0 Å². The molecule has 3 aliphatic heterocycles. The quantitative estimate of drug-likeness (QED) is 0.395. The Morgan fingerprint density at radius 1 is 1.24 bits per heavy atom. The Bertz CT molecular complexity index is 825. The fraction of sp³-hybridized carbons (Fsp3) is 0.571. The van der Waals surface area contributed by atoms with Crippen LogP contribution >= 0.6 is 35.1 Å². The molecule has 0 radical (unpaired) electrons. The Kier molecular flexibility index (Phi) is 6.30. The van der Waals surface area contributed by atoms with Crippen molar-refractivity contribution >= 4 is 41.0 Å². The standard InChI is InChI=1S/C21H26ClNO4S2/c1-12-9-17-16(27-17)5-2-3-6-21(28-7-4-8-29-21)11-13-18(20(26)23-12)14(24)10-15(25)19(13)22/h3,6,10,12,16-17,24-25H,2,4-5,7-9,11H2,1H3,(H,23,26)/b6-3+/t12-,16-,17?/m1/s1. The van der Waals surface area contributed by atoms with Crippen molar-refractivity contribution in [2.24, 2.45) is 0 Å². The molecule has 0 bridgehead atoms. The van der Waals surface area contributed by atoms with E-state index in [2.05, 4.69) is 17.5 Å². The van der Waals surface area contributed by atoms with Gasteiger partial charge in [0, 0.05) is 18.5 Å². The van der Waals surface area contributed by atoms with Crippen molar-refractivity contribution in [3.05, 3.63) is 34.4 Å². The highest BCUT2D eigenvalue weighted by Gasteiger charge is 2.40. The topological polar surface area (TPSA) is 82.1 Å². The van der Waals surface area contributed by atoms with Crippen LogP contribution in [0.5, 0.6) is 11.5 Å². The Balaban J connectivity index is 1.76. The molecule has 1 amide bonds. The zero-order chi connectivity index (χ0) is 20.6. The van der Waals surface area contributed by atoms with Gasteiger partial charge in [0.05, 0.1) is 26.9 Å². The van der Waals surface area contributed by atoms with Gasteiger partial charge >= 0.3 is 0 Å². The summed E-state index contributed by atoms with van der Waals surface area (Å²) in [6, 6.07) is 1.06. The first kappa shape index (κ1) is 21.2. The molecular formula is C21H26ClNO4S2. The molecule has 2 saturated heterocycles. The highest BCUT2D eigenvalue weighted by molar-refractivity contribution is 8.19. The highest BCUT2D eigenvalue weighted by atomic mass is 35.5. The number of thioether (sulfide) groups is 2. The number of amides is 1. The Morgan fingerprint density at radius 3 is 2.76 bits per heavy atom. The lowest BCUT2D eigenvalue weighted by molar-refractivity contribution is 0.0933. The van der Waals surface area contributed by atoms with Crippen molar-refractivity contribution in [1.82, 2.24) is 5.32 Å². The van der Waals surface area contributed by atoms with E-state index in [1.54, 1.807) is 0 Å². The molecule has 29 heavy (non-hydrogen) atoms. The van der Waals surface area contributed by atoms with Gasteiger partial charge in [-0.1, -0.05) is 23.8 Å². The second-order valence-corrected chi connectivity index (χ2v) is 11.4. The number of allylic oxidation sites excluding steroid dienone is 1. The van der Waals surface area contributed by atoms with Crippen LogP contribution in [0.4, 0.5) is 0 Å². The molecule has 158 valence electrons. The summed E-state index contributed by atoms with van der Waals surface area (Å²) in [6.07, 6.45) is 9.09. The van der Waals surface area contributed by atoms with Crippen LogP contribution in [0.2, 0.25) is 5.02 Å². The van der Waals surface area contributed by atoms with E-state index in [0.29, 0.717) is 12.0 Å². The average molecular weight is 456 g/mol. The maximum atomic E-state index is 13.1. The summed E-state index contributed by atoms with van der Waals surface area (Å²) >= 11 is 10.1. The number of fused-ring (bicyclic) bond motifs is 2. The van der Waals surface area contributed by atoms with Crippen molar-refractivity contribution in [2.45, 2.75) is 61.4 Å². The summed E-state index contributed by atoms with van der Waals surface area (Å²) in [5.74, 6) is 1.22. The molecule has 1 aromatic rings. The van der Waals surface area contributed by atoms with Gasteiger partial charge in [0.25, 0.3) is 5.91 Å². The third-order valence-corrected chi connectivity index (χ3v) is 9.25. The Hall–Kier alpha value is -1.02. The predicted octanol–water partition coefficient (Wildman–Crippen LogP) is 4.49. The van der Waals surface area contributed by atoms with E-state index in [1.165, 1.54) is 0 Å². The monoisotopic (exact) mass is 455 g/mol. The van der Waals surface area contributed by atoms with Crippen molar-refractivity contribution in [3.63, 3.8) is 0 Å². The predicted molar refractivity (Wildman–Crippen MR) is 119 cm³/mol. The number of aromatic hydroxyl groups is 2. The van der Waals surface area contributed by atoms with Crippen LogP contribution in [0.25, 0.3) is 0 Å². The minimum atomic E-state index is -0.369. The summed E-state index contributed by atoms with van der Waals surface area (Å²) in [4.78, 5) is 13.1. The SMILES string of the molecule is C[C@@H]1CC2O[C@@H]2CC/C=C/C2(Cc3c(Cl)c(O)cc(O)c3C(=O)N1)SCCCS2. The number of carbonyl (C=O) groups is 1. The molecule has 4 rings (SSSR count). The number of epoxide rings is 1. The van der Waals surface area contributed by atoms with Gasteiger partial charge in [-0.2, -0.15) is 0 Å². The Labute approximate surface area is 184 Å². The maximum Gasteiger partial charge on any atom is 0.255 e. The number of rotatable bonds is 0. The van der Waals surface area contributed by atoms with Crippen molar-refractivity contribution in [2.75, 3.05) is 11.5 Å². The van der Waals surface area contributed by atoms with E-state index in [1.807, 2.05) is 30.4 Å². The molecule has 0 saturated carbocycles. The minimum Gasteiger partial charge on any atom is -0.507 e. The Morgan fingerprint density at radius 2 is 2.00 bits per heavy atom. The van der Waals surface area contributed by atoms with Crippen molar-refractivity contribution in [3.8, 4) is 11.5 Å². The maximum absolute atomic E-state index is 13.1. The highest BCUT2D eigenvalue weighted by Crippen LogP contribution is 2.49. The molecule has 3 heterocycles. The number of carbonyl (C=O) groups excluding carboxylic acids is 1. The first-order valence-corrected chi connectivity index (χ1v) is 12.4. The van der Waals surface area contributed by atoms with Gasteiger partial charge in [-0.25, -0.2) is 0 Å². The van der Waals surface area contributed by atoms with Gasteiger partial charge < -0.3 is 20.3 Å². The number of halogens is 1. The molecule has 5 nitrogen and oxygen atoms in total. The first-order chi connectivity index (χ1) is 13.9. The molecule has 3 aliphatic rings. The zero-order valence-corrected chi connectivity index (χ0v) is 18.7. The van der Waals surface area contributed by atoms with Gasteiger partial charge in [0.1, 0.15) is 11.5 Å². The largest absolute Gasteiger partial charge is 0.507 e. The molecule has 1 aromatic carbocycles. The number of hydrogen-bond donors (Lipinski definition) is 3. The van der Waals surface area contributed by atoms with Crippen LogP contribution in [-0.4, -0.2) is 50.0 Å². The van der Waals surface area contributed by atoms with Crippen LogP contribution in [0.1, 0.15) is 48.5 Å². The summed E-state index contributed by atoms with van der Waals surface area (Å²) in [6.45, 7) is 1.94. The third-order valence-electron chi connectivity index (χ3n) is 5.59. The summed E-state index contributed by atoms with van der Waals surface area (Å²) in [5.41, 5.74) is 0.655. The van der Waals surface area contributed by atoms with Crippen LogP contribution in [0, 0.1) is 0 Å². The number of benzene rings is 1. The molecule has 2 fully saturated rings. The first-order valence-electron chi connectivity index (χ1n) is 10.0. The zero-order valence-electron chi connectivity index (χ0n) is 16.3. The van der Waals surface area contributed by atoms with E-state index in [-0.39, 0.29) is 50.3 Å². The fourth-order valence-corrected chi connectivity index (χ4v) is 7.44. The lowest BCUT2D eigenvalue weighted by Crippen LogP contribution is -2.35. The normalized spacial score (nSPS) is 30.6. The van der Waals surface area contributed by atoms with E-state index < -0.39 is 0 Å². The summed E-state index contributed by atoms with van der Waals surface area (Å²) in [7, 11) is 0. The number of ether oxygens (including phenoxy) is 1. The number of phenols is 2. The molecule has 0 aliphatic carbocycles. The van der Waals surface area contributed by atoms with E-state index >= 15 is 0 Å². The second-order valence-electron chi connectivity index (χ2n) is 7.92. The summed E-state index contributed by atoms with van der Waals surface area (Å²) < 4.78 is 5.48. The van der Waals surface area contributed by atoms with Gasteiger partial charge in [-0.3, -0.25) is 4.79 Å². The van der Waals surface area contributed by atoms with Crippen LogP contribution in [0.15, 0.2) is 18.2 Å². The molecule has 1 spiro atoms. The molecule has 0 aromatic heterocycles. The minimum absolute atomic E-state index is 0.0943.